The van der Waals surface area contributed by atoms with Crippen LogP contribution in [0.15, 0.2) is 17.2 Å². The molecule has 0 radical (unpaired) electrons. The van der Waals surface area contributed by atoms with Crippen molar-refractivity contribution in [3.8, 4) is 0 Å². The maximum atomic E-state index is 11.0. The molecule has 1 heterocycles. The summed E-state index contributed by atoms with van der Waals surface area (Å²) < 4.78 is 11.0. The first-order chi connectivity index (χ1) is 5.09. The van der Waals surface area contributed by atoms with Crippen LogP contribution >= 0.6 is 0 Å². The van der Waals surface area contributed by atoms with Gasteiger partial charge in [0.1, 0.15) is 5.03 Å². The van der Waals surface area contributed by atoms with Crippen molar-refractivity contribution in [1.29, 1.82) is 0 Å². The minimum atomic E-state index is -0.961. The second-order valence-electron chi connectivity index (χ2n) is 2.58. The van der Waals surface area contributed by atoms with Crippen LogP contribution < -0.4 is 0 Å². The molecule has 0 aliphatic rings. The first-order valence-corrected chi connectivity index (χ1v) is 4.94. The predicted octanol–water partition coefficient (Wildman–Crippen LogP) is 1.44. The maximum absolute atomic E-state index is 11.0. The van der Waals surface area contributed by atoms with Crippen molar-refractivity contribution in [2.75, 3.05) is 6.26 Å². The van der Waals surface area contributed by atoms with E-state index in [2.05, 4.69) is 4.98 Å². The molecule has 0 saturated carbocycles. The molecule has 1 aromatic heterocycles. The summed E-state index contributed by atoms with van der Waals surface area (Å²) in [7, 11) is -0.961. The third-order valence-corrected chi connectivity index (χ3v) is 2.17. The Morgan fingerprint density at radius 3 is 2.45 bits per heavy atom. The molecule has 0 aliphatic heterocycles. The largest absolute Gasteiger partial charge is 0.253 e. The Morgan fingerprint density at radius 1 is 1.36 bits per heavy atom. The number of hydrogen-bond donors (Lipinski definition) is 0. The summed E-state index contributed by atoms with van der Waals surface area (Å²) in [6, 6.07) is 3.82. The lowest BCUT2D eigenvalue weighted by molar-refractivity contribution is 0.683. The van der Waals surface area contributed by atoms with Crippen LogP contribution in [0.25, 0.3) is 0 Å². The Labute approximate surface area is 69.1 Å². The second-order valence-corrected chi connectivity index (χ2v) is 3.90. The van der Waals surface area contributed by atoms with Crippen molar-refractivity contribution >= 4 is 10.8 Å². The van der Waals surface area contributed by atoms with Gasteiger partial charge in [0, 0.05) is 11.9 Å². The van der Waals surface area contributed by atoms with E-state index >= 15 is 0 Å². The van der Waals surface area contributed by atoms with E-state index in [4.69, 9.17) is 0 Å². The molecule has 1 atom stereocenters. The van der Waals surface area contributed by atoms with Crippen LogP contribution in [0.1, 0.15) is 11.3 Å². The van der Waals surface area contributed by atoms with Gasteiger partial charge >= 0.3 is 0 Å². The normalized spacial score (nSPS) is 13.0. The van der Waals surface area contributed by atoms with Gasteiger partial charge in [-0.25, -0.2) is 4.98 Å². The number of rotatable bonds is 1. The van der Waals surface area contributed by atoms with Gasteiger partial charge < -0.3 is 0 Å². The summed E-state index contributed by atoms with van der Waals surface area (Å²) in [4.78, 5) is 4.13. The average molecular weight is 169 g/mol. The van der Waals surface area contributed by atoms with Crippen LogP contribution in [0.5, 0.6) is 0 Å². The fraction of sp³-hybridized carbons (Fsp3) is 0.375. The maximum Gasteiger partial charge on any atom is 0.127 e. The highest BCUT2D eigenvalue weighted by molar-refractivity contribution is 7.84. The molecule has 1 rings (SSSR count). The van der Waals surface area contributed by atoms with Crippen molar-refractivity contribution < 1.29 is 4.21 Å². The number of aromatic nitrogens is 1. The minimum absolute atomic E-state index is 0.669. The third kappa shape index (κ3) is 2.12. The van der Waals surface area contributed by atoms with E-state index in [1.54, 1.807) is 6.26 Å². The third-order valence-electron chi connectivity index (χ3n) is 1.37. The standard InChI is InChI=1S/C8H11NOS/c1-6-4-7(2)9-8(5-6)11(3)10/h4-5H,1-3H3. The Bertz CT molecular complexity index is 276. The quantitative estimate of drug-likeness (QED) is 0.636. The first-order valence-electron chi connectivity index (χ1n) is 3.38. The monoisotopic (exact) mass is 169 g/mol. The van der Waals surface area contributed by atoms with Crippen LogP contribution in [0, 0.1) is 13.8 Å². The molecule has 1 aromatic rings. The van der Waals surface area contributed by atoms with Gasteiger partial charge in [-0.1, -0.05) is 0 Å². The predicted molar refractivity (Wildman–Crippen MR) is 46.0 cm³/mol. The van der Waals surface area contributed by atoms with E-state index in [0.717, 1.165) is 11.3 Å². The van der Waals surface area contributed by atoms with Gasteiger partial charge in [-0.15, -0.1) is 0 Å². The van der Waals surface area contributed by atoms with Gasteiger partial charge in [0.15, 0.2) is 0 Å². The lowest BCUT2D eigenvalue weighted by Gasteiger charge is -1.99. The smallest absolute Gasteiger partial charge is 0.127 e. The molecule has 11 heavy (non-hydrogen) atoms. The molecule has 0 N–H and O–H groups in total. The van der Waals surface area contributed by atoms with Crippen LogP contribution in [0.2, 0.25) is 0 Å². The number of hydrogen-bond acceptors (Lipinski definition) is 2. The summed E-state index contributed by atoms with van der Waals surface area (Å²) in [5, 5.41) is 0.669. The number of nitrogens with zero attached hydrogens (tertiary/aromatic N) is 1. The van der Waals surface area contributed by atoms with E-state index in [-0.39, 0.29) is 0 Å². The zero-order chi connectivity index (χ0) is 8.43. The highest BCUT2D eigenvalue weighted by atomic mass is 32.2. The van der Waals surface area contributed by atoms with E-state index in [0.29, 0.717) is 5.03 Å². The lowest BCUT2D eigenvalue weighted by atomic mass is 10.3. The SMILES string of the molecule is Cc1cc(C)nc(S(C)=O)c1. The second kappa shape index (κ2) is 3.13. The Morgan fingerprint density at radius 2 is 2.00 bits per heavy atom. The molecule has 2 nitrogen and oxygen atoms in total. The average Bonchev–Trinajstić information content (AvgIpc) is 1.85. The first kappa shape index (κ1) is 8.40. The molecule has 3 heteroatoms. The molecule has 1 unspecified atom stereocenters. The zero-order valence-corrected chi connectivity index (χ0v) is 7.73. The fourth-order valence-corrected chi connectivity index (χ4v) is 1.58. The summed E-state index contributed by atoms with van der Waals surface area (Å²) in [6.45, 7) is 3.88. The van der Waals surface area contributed by atoms with E-state index in [1.807, 2.05) is 26.0 Å². The van der Waals surface area contributed by atoms with E-state index in [1.165, 1.54) is 0 Å². The number of aryl methyl sites for hydroxylation is 2. The fourth-order valence-electron chi connectivity index (χ4n) is 0.952. The summed E-state index contributed by atoms with van der Waals surface area (Å²) in [5.74, 6) is 0. The number of pyridine rings is 1. The molecule has 60 valence electrons. The molecule has 0 aliphatic carbocycles. The molecule has 0 aromatic carbocycles. The molecule has 0 bridgehead atoms. The summed E-state index contributed by atoms with van der Waals surface area (Å²) in [6.07, 6.45) is 1.64. The van der Waals surface area contributed by atoms with Crippen molar-refractivity contribution in [1.82, 2.24) is 4.98 Å². The molecular weight excluding hydrogens is 158 g/mol. The molecule has 0 spiro atoms. The van der Waals surface area contributed by atoms with Crippen LogP contribution in [-0.4, -0.2) is 15.4 Å². The van der Waals surface area contributed by atoms with Crippen molar-refractivity contribution in [3.63, 3.8) is 0 Å². The van der Waals surface area contributed by atoms with Gasteiger partial charge in [0.05, 0.1) is 10.8 Å². The van der Waals surface area contributed by atoms with Gasteiger partial charge in [-0.2, -0.15) is 0 Å². The van der Waals surface area contributed by atoms with Gasteiger partial charge in [0.2, 0.25) is 0 Å². The van der Waals surface area contributed by atoms with Crippen molar-refractivity contribution in [2.24, 2.45) is 0 Å². The Kier molecular flexibility index (Phi) is 2.39. The summed E-state index contributed by atoms with van der Waals surface area (Å²) >= 11 is 0. The minimum Gasteiger partial charge on any atom is -0.253 e. The Balaban J connectivity index is 3.19. The lowest BCUT2D eigenvalue weighted by Crippen LogP contribution is -1.94. The van der Waals surface area contributed by atoms with Gasteiger partial charge in [-0.3, -0.25) is 4.21 Å². The molecule has 0 fully saturated rings. The van der Waals surface area contributed by atoms with Gasteiger partial charge in [0.25, 0.3) is 0 Å². The van der Waals surface area contributed by atoms with Crippen molar-refractivity contribution in [3.05, 3.63) is 23.4 Å². The summed E-state index contributed by atoms with van der Waals surface area (Å²) in [5.41, 5.74) is 2.04. The molecule has 0 saturated heterocycles. The van der Waals surface area contributed by atoms with Crippen molar-refractivity contribution in [2.45, 2.75) is 18.9 Å². The van der Waals surface area contributed by atoms with Crippen LogP contribution in [0.4, 0.5) is 0 Å². The van der Waals surface area contributed by atoms with Crippen LogP contribution in [-0.2, 0) is 10.8 Å². The van der Waals surface area contributed by atoms with E-state index < -0.39 is 10.8 Å². The topological polar surface area (TPSA) is 30.0 Å². The van der Waals surface area contributed by atoms with E-state index in [9.17, 15) is 4.21 Å². The zero-order valence-electron chi connectivity index (χ0n) is 6.92. The Hall–Kier alpha value is -0.700. The van der Waals surface area contributed by atoms with Gasteiger partial charge in [-0.05, 0) is 31.5 Å². The highest BCUT2D eigenvalue weighted by Gasteiger charge is 1.99. The van der Waals surface area contributed by atoms with Crippen LogP contribution in [0.3, 0.4) is 0 Å². The molecular formula is C8H11NOS. The highest BCUT2D eigenvalue weighted by Crippen LogP contribution is 2.06. The molecule has 0 amide bonds.